The third-order valence-corrected chi connectivity index (χ3v) is 61.8. The van der Waals surface area contributed by atoms with E-state index in [4.69, 9.17) is 0 Å². The van der Waals surface area contributed by atoms with Gasteiger partial charge >= 0.3 is 369 Å². The zero-order valence-corrected chi connectivity index (χ0v) is 48.0. The number of benzene rings is 2. The quantitative estimate of drug-likeness (QED) is 0.166. The van der Waals surface area contributed by atoms with Crippen LogP contribution >= 0.6 is 0 Å². The van der Waals surface area contributed by atoms with Crippen LogP contribution in [0.1, 0.15) is 179 Å². The molecule has 2 rings (SSSR count). The van der Waals surface area contributed by atoms with Gasteiger partial charge in [-0.1, -0.05) is 0 Å². The molecule has 57 heavy (non-hydrogen) atoms. The van der Waals surface area contributed by atoms with Crippen molar-refractivity contribution in [3.63, 3.8) is 0 Å². The van der Waals surface area contributed by atoms with Crippen molar-refractivity contribution in [3.8, 4) is 0 Å². The van der Waals surface area contributed by atoms with Gasteiger partial charge in [0.2, 0.25) is 0 Å². The molecule has 2 aromatic carbocycles. The molecule has 0 unspecified atom stereocenters. The summed E-state index contributed by atoms with van der Waals surface area (Å²) in [6.45, 7) is 63.8. The van der Waals surface area contributed by atoms with E-state index in [0.717, 1.165) is 0 Å². The molecule has 2 aromatic rings. The van der Waals surface area contributed by atoms with Crippen LogP contribution in [-0.2, 0) is 0 Å². The predicted molar refractivity (Wildman–Crippen MR) is 272 cm³/mol. The molecule has 0 N–H and O–H groups in total. The summed E-state index contributed by atoms with van der Waals surface area (Å²) in [6, 6.07) is 33.5. The molecule has 0 amide bonds. The van der Waals surface area contributed by atoms with Crippen LogP contribution in [0.5, 0.6) is 0 Å². The molecule has 4 heteroatoms. The van der Waals surface area contributed by atoms with Crippen LogP contribution in [0.2, 0.25) is 40.1 Å². The van der Waals surface area contributed by atoms with Crippen LogP contribution in [0.3, 0.4) is 0 Å². The van der Waals surface area contributed by atoms with Crippen molar-refractivity contribution < 1.29 is 0 Å². The molecule has 326 valence electrons. The van der Waals surface area contributed by atoms with Gasteiger partial charge in [-0.15, -0.1) is 0 Å². The molecule has 0 fully saturated rings. The standard InChI is InChI=1S/C53H98GeSi3/c1-45(2,3)35-53(36-46(4,5)6,54(43-31-27-25-28-32-43)44-33-29-26-30-34-44)56(39-49(13,14)15,40-50(16,17)18)57(41-51(19,20)21,42-52(22,23)24)55(37-47(7,8)9)38-48(10,11)12/h25-34H,35-42H2,1-24H3. The van der Waals surface area contributed by atoms with Gasteiger partial charge in [0.15, 0.2) is 0 Å². The Bertz CT molecular complexity index is 1400. The fourth-order valence-corrected chi connectivity index (χ4v) is 88.9. The Morgan fingerprint density at radius 2 is 0.649 bits per heavy atom. The molecule has 0 saturated heterocycles. The fourth-order valence-electron chi connectivity index (χ4n) is 12.0. The van der Waals surface area contributed by atoms with E-state index >= 15 is 0 Å². The molecule has 0 spiro atoms. The van der Waals surface area contributed by atoms with Crippen LogP contribution in [0.4, 0.5) is 0 Å². The maximum absolute atomic E-state index is 2.69. The van der Waals surface area contributed by atoms with Crippen molar-refractivity contribution in [1.82, 2.24) is 0 Å². The van der Waals surface area contributed by atoms with Gasteiger partial charge in [0.1, 0.15) is 0 Å². The van der Waals surface area contributed by atoms with E-state index in [1.165, 1.54) is 49.1 Å². The molecule has 0 bridgehead atoms. The average molecular weight is 892 g/mol. The van der Waals surface area contributed by atoms with E-state index in [2.05, 4.69) is 227 Å². The van der Waals surface area contributed by atoms with Gasteiger partial charge in [-0.25, -0.2) is 0 Å². The molecule has 0 atom stereocenters. The molecular formula is C53H98GeSi3. The molecular weight excluding hydrogens is 793 g/mol. The summed E-state index contributed by atoms with van der Waals surface area (Å²) >= 11 is -2.44. The molecule has 0 saturated carbocycles. The number of rotatable bonds is 14. The second kappa shape index (κ2) is 18.2. The van der Waals surface area contributed by atoms with Gasteiger partial charge in [0, 0.05) is 0 Å². The molecule has 0 aliphatic rings. The van der Waals surface area contributed by atoms with Gasteiger partial charge in [-0.05, 0) is 0 Å². The molecule has 0 heterocycles. The Morgan fingerprint density at radius 1 is 0.368 bits per heavy atom. The third-order valence-electron chi connectivity index (χ3n) is 11.6. The molecule has 0 aromatic heterocycles. The Morgan fingerprint density at radius 3 is 0.877 bits per heavy atom. The van der Waals surface area contributed by atoms with E-state index < -0.39 is 37.4 Å². The monoisotopic (exact) mass is 893 g/mol. The van der Waals surface area contributed by atoms with Crippen LogP contribution in [0, 0.1) is 43.3 Å². The summed E-state index contributed by atoms with van der Waals surface area (Å²) in [5.74, 6) is 0. The Balaban J connectivity index is 3.89. The summed E-state index contributed by atoms with van der Waals surface area (Å²) < 4.78 is 3.72. The minimum atomic E-state index is -2.50. The van der Waals surface area contributed by atoms with Crippen molar-refractivity contribution in [2.45, 2.75) is 219 Å². The summed E-state index contributed by atoms with van der Waals surface area (Å²) in [6.07, 6.45) is 2.69. The number of hydrogen-bond donors (Lipinski definition) is 0. The van der Waals surface area contributed by atoms with Crippen molar-refractivity contribution in [2.24, 2.45) is 43.3 Å². The second-order valence-electron chi connectivity index (χ2n) is 28.9. The molecule has 0 aliphatic heterocycles. The number of hydrogen-bond acceptors (Lipinski definition) is 0. The second-order valence-corrected chi connectivity index (χ2v) is 56.8. The van der Waals surface area contributed by atoms with Crippen LogP contribution in [0.25, 0.3) is 0 Å². The first-order valence-corrected chi connectivity index (χ1v) is 34.9. The topological polar surface area (TPSA) is 0 Å². The summed E-state index contributed by atoms with van der Waals surface area (Å²) in [5, 5.41) is 0. The van der Waals surface area contributed by atoms with E-state index in [-0.39, 0.29) is 36.4 Å². The Hall–Kier alpha value is -0.366. The Labute approximate surface area is 367 Å². The molecule has 0 nitrogen and oxygen atoms in total. The zero-order chi connectivity index (χ0) is 44.5. The summed E-state index contributed by atoms with van der Waals surface area (Å²) in [7, 11) is -5.68. The van der Waals surface area contributed by atoms with Crippen molar-refractivity contribution in [2.75, 3.05) is 0 Å². The minimum absolute atomic E-state index is 0.186. The van der Waals surface area contributed by atoms with E-state index in [1.807, 2.05) is 0 Å². The summed E-state index contributed by atoms with van der Waals surface area (Å²) in [5.41, 5.74) is 1.92. The Kier molecular flexibility index (Phi) is 16.8. The first kappa shape index (κ1) is 52.8. The van der Waals surface area contributed by atoms with Gasteiger partial charge < -0.3 is 0 Å². The van der Waals surface area contributed by atoms with Gasteiger partial charge in [0.25, 0.3) is 0 Å². The van der Waals surface area contributed by atoms with E-state index in [9.17, 15) is 0 Å². The van der Waals surface area contributed by atoms with Crippen LogP contribution < -0.4 is 8.79 Å². The van der Waals surface area contributed by atoms with E-state index in [1.54, 1.807) is 8.79 Å². The zero-order valence-electron chi connectivity index (χ0n) is 42.9. The maximum atomic E-state index is 2.69. The average Bonchev–Trinajstić information content (AvgIpc) is 2.91. The first-order valence-electron chi connectivity index (χ1n) is 23.0. The van der Waals surface area contributed by atoms with Gasteiger partial charge in [-0.3, -0.25) is 0 Å². The third kappa shape index (κ3) is 16.1. The van der Waals surface area contributed by atoms with E-state index in [0.29, 0.717) is 10.8 Å². The van der Waals surface area contributed by atoms with Crippen molar-refractivity contribution >= 4 is 46.2 Å². The first-order chi connectivity index (χ1) is 25.1. The fraction of sp³-hybridized carbons (Fsp3) is 0.774. The normalized spacial score (nSPS) is 15.2. The van der Waals surface area contributed by atoms with Crippen LogP contribution in [0.15, 0.2) is 60.7 Å². The van der Waals surface area contributed by atoms with Crippen molar-refractivity contribution in [1.29, 1.82) is 0 Å². The van der Waals surface area contributed by atoms with Crippen molar-refractivity contribution in [3.05, 3.63) is 60.7 Å². The predicted octanol–water partition coefficient (Wildman–Crippen LogP) is 16.3. The summed E-state index contributed by atoms with van der Waals surface area (Å²) in [4.78, 5) is 0. The molecule has 2 radical (unpaired) electrons. The van der Waals surface area contributed by atoms with Crippen LogP contribution in [-0.4, -0.2) is 37.4 Å². The molecule has 0 aliphatic carbocycles. The van der Waals surface area contributed by atoms with Gasteiger partial charge in [0.05, 0.1) is 0 Å². The van der Waals surface area contributed by atoms with Gasteiger partial charge in [-0.2, -0.15) is 0 Å². The SMILES string of the molecule is CC(C)(C)C[Si](CC(C)(C)C)[Si](CC(C)(C)C)(CC(C)(C)C)[Si](CC(C)(C)C)(CC(C)(C)C)[C](CC(C)(C)C)(CC(C)(C)C)[Ge]([c]1ccccc1)[c]1ccccc1.